The maximum atomic E-state index is 12.5. The second-order valence-electron chi connectivity index (χ2n) is 6.06. The van der Waals surface area contributed by atoms with Crippen molar-refractivity contribution in [2.75, 3.05) is 5.73 Å². The van der Waals surface area contributed by atoms with Gasteiger partial charge in [-0.3, -0.25) is 0 Å². The number of nitrogen functional groups attached to an aromatic ring is 1. The van der Waals surface area contributed by atoms with E-state index in [-0.39, 0.29) is 12.0 Å². The van der Waals surface area contributed by atoms with Crippen LogP contribution in [-0.2, 0) is 16.5 Å². The van der Waals surface area contributed by atoms with Crippen LogP contribution in [0.2, 0.25) is 0 Å². The van der Waals surface area contributed by atoms with E-state index in [1.807, 2.05) is 0 Å². The lowest BCUT2D eigenvalue weighted by Gasteiger charge is -2.11. The molecule has 6 nitrogen and oxygen atoms in total. The molecular formula is C18H14F3NO5S. The predicted molar refractivity (Wildman–Crippen MR) is 96.5 cm³/mol. The van der Waals surface area contributed by atoms with Gasteiger partial charge in [0.05, 0.1) is 0 Å². The maximum Gasteiger partial charge on any atom is 0.534 e. The highest BCUT2D eigenvalue weighted by Gasteiger charge is 2.48. The van der Waals surface area contributed by atoms with Crippen LogP contribution in [0.25, 0.3) is 11.0 Å². The van der Waals surface area contributed by atoms with Crippen LogP contribution in [-0.4, -0.2) is 13.9 Å². The molecule has 0 atom stereocenters. The van der Waals surface area contributed by atoms with Crippen LogP contribution < -0.4 is 15.5 Å². The van der Waals surface area contributed by atoms with Crippen molar-refractivity contribution in [2.45, 2.75) is 18.9 Å². The first-order valence-electron chi connectivity index (χ1n) is 7.89. The van der Waals surface area contributed by atoms with Crippen molar-refractivity contribution in [3.8, 4) is 5.75 Å². The summed E-state index contributed by atoms with van der Waals surface area (Å²) in [5.74, 6) is -0.615. The highest BCUT2D eigenvalue weighted by atomic mass is 32.2. The SMILES string of the molecule is Cc1c(Cc2cccc(N)c2)c(=O)oc2cc(OS(=O)(=O)C(F)(F)F)ccc12. The number of hydrogen-bond acceptors (Lipinski definition) is 6. The first-order valence-corrected chi connectivity index (χ1v) is 9.30. The normalized spacial score (nSPS) is 12.3. The van der Waals surface area contributed by atoms with E-state index >= 15 is 0 Å². The Morgan fingerprint density at radius 1 is 1.14 bits per heavy atom. The molecule has 0 fully saturated rings. The average Bonchev–Trinajstić information content (AvgIpc) is 2.57. The molecule has 0 saturated carbocycles. The van der Waals surface area contributed by atoms with E-state index in [9.17, 15) is 26.4 Å². The van der Waals surface area contributed by atoms with Gasteiger partial charge in [-0.05, 0) is 42.3 Å². The third-order valence-corrected chi connectivity index (χ3v) is 5.06. The molecule has 1 aromatic heterocycles. The lowest BCUT2D eigenvalue weighted by atomic mass is 9.99. The van der Waals surface area contributed by atoms with Crippen molar-refractivity contribution < 1.29 is 30.2 Å². The van der Waals surface area contributed by atoms with Crippen molar-refractivity contribution in [3.63, 3.8) is 0 Å². The Morgan fingerprint density at radius 3 is 2.50 bits per heavy atom. The van der Waals surface area contributed by atoms with E-state index in [1.54, 1.807) is 31.2 Å². The molecule has 0 spiro atoms. The minimum absolute atomic E-state index is 0.0892. The number of rotatable bonds is 4. The van der Waals surface area contributed by atoms with Crippen LogP contribution in [0.3, 0.4) is 0 Å². The molecule has 0 amide bonds. The number of anilines is 1. The minimum Gasteiger partial charge on any atom is -0.422 e. The third kappa shape index (κ3) is 3.81. The zero-order chi connectivity index (χ0) is 20.7. The van der Waals surface area contributed by atoms with Gasteiger partial charge in [0, 0.05) is 29.1 Å². The number of nitrogens with two attached hydrogens (primary N) is 1. The van der Waals surface area contributed by atoms with Gasteiger partial charge in [0.25, 0.3) is 0 Å². The van der Waals surface area contributed by atoms with E-state index in [1.165, 1.54) is 6.07 Å². The van der Waals surface area contributed by atoms with Gasteiger partial charge in [0.1, 0.15) is 11.3 Å². The van der Waals surface area contributed by atoms with E-state index in [2.05, 4.69) is 4.18 Å². The van der Waals surface area contributed by atoms with Gasteiger partial charge in [-0.25, -0.2) is 4.79 Å². The Morgan fingerprint density at radius 2 is 1.86 bits per heavy atom. The third-order valence-electron chi connectivity index (χ3n) is 4.08. The summed E-state index contributed by atoms with van der Waals surface area (Å²) >= 11 is 0. The first-order chi connectivity index (χ1) is 13.0. The van der Waals surface area contributed by atoms with E-state index in [0.29, 0.717) is 22.2 Å². The summed E-state index contributed by atoms with van der Waals surface area (Å²) < 4.78 is 68.9. The molecule has 3 aromatic rings. The Bertz CT molecular complexity index is 1220. The Hall–Kier alpha value is -3.01. The molecule has 1 heterocycles. The maximum absolute atomic E-state index is 12.5. The molecule has 2 N–H and O–H groups in total. The van der Waals surface area contributed by atoms with Gasteiger partial charge in [-0.15, -0.1) is 0 Å². The fraction of sp³-hybridized carbons (Fsp3) is 0.167. The first kappa shape index (κ1) is 19.7. The lowest BCUT2D eigenvalue weighted by Crippen LogP contribution is -2.28. The highest BCUT2D eigenvalue weighted by Crippen LogP contribution is 2.30. The number of hydrogen-bond donors (Lipinski definition) is 1. The molecule has 2 aromatic carbocycles. The summed E-state index contributed by atoms with van der Waals surface area (Å²) in [7, 11) is -5.82. The molecule has 10 heteroatoms. The standard InChI is InChI=1S/C18H14F3NO5S/c1-10-14-6-5-13(27-28(24,25)18(19,20)21)9-16(14)26-17(23)15(10)8-11-3-2-4-12(22)7-11/h2-7,9H,8,22H2,1H3. The fourth-order valence-corrected chi connectivity index (χ4v) is 3.16. The summed E-state index contributed by atoms with van der Waals surface area (Å²) in [6.07, 6.45) is 0.246. The summed E-state index contributed by atoms with van der Waals surface area (Å²) in [5, 5.41) is 0.440. The summed E-state index contributed by atoms with van der Waals surface area (Å²) in [4.78, 5) is 12.4. The molecule has 0 aliphatic heterocycles. The van der Waals surface area contributed by atoms with E-state index < -0.39 is 27.0 Å². The van der Waals surface area contributed by atoms with E-state index in [4.69, 9.17) is 10.2 Å². The monoisotopic (exact) mass is 413 g/mol. The van der Waals surface area contributed by atoms with E-state index in [0.717, 1.165) is 17.7 Å². The molecular weight excluding hydrogens is 399 g/mol. The highest BCUT2D eigenvalue weighted by molar-refractivity contribution is 7.88. The van der Waals surface area contributed by atoms with Crippen LogP contribution in [0.1, 0.15) is 16.7 Å². The second-order valence-corrected chi connectivity index (χ2v) is 7.59. The minimum atomic E-state index is -5.82. The average molecular weight is 413 g/mol. The quantitative estimate of drug-likeness (QED) is 0.304. The Kier molecular flexibility index (Phi) is 4.84. The van der Waals surface area contributed by atoms with Gasteiger partial charge in [-0.2, -0.15) is 21.6 Å². The second kappa shape index (κ2) is 6.86. The van der Waals surface area contributed by atoms with Gasteiger partial charge < -0.3 is 14.3 Å². The van der Waals surface area contributed by atoms with Crippen LogP contribution in [0.4, 0.5) is 18.9 Å². The number of alkyl halides is 3. The molecule has 3 rings (SSSR count). The van der Waals surface area contributed by atoms with Gasteiger partial charge >= 0.3 is 21.3 Å². The molecule has 0 aliphatic carbocycles. The lowest BCUT2D eigenvalue weighted by molar-refractivity contribution is -0.0500. The summed E-state index contributed by atoms with van der Waals surface area (Å²) in [6, 6.07) is 10.3. The number of halogens is 3. The summed E-state index contributed by atoms with van der Waals surface area (Å²) in [5.41, 5.74) is 1.61. The molecule has 0 aliphatic rings. The molecule has 28 heavy (non-hydrogen) atoms. The number of aryl methyl sites for hydroxylation is 1. The van der Waals surface area contributed by atoms with Crippen LogP contribution >= 0.6 is 0 Å². The van der Waals surface area contributed by atoms with Crippen LogP contribution in [0.15, 0.2) is 51.7 Å². The number of benzene rings is 2. The Labute approximate surface area is 157 Å². The van der Waals surface area contributed by atoms with Crippen molar-refractivity contribution >= 4 is 26.8 Å². The molecule has 0 unspecified atom stereocenters. The van der Waals surface area contributed by atoms with Gasteiger partial charge in [0.2, 0.25) is 0 Å². The molecule has 0 radical (unpaired) electrons. The van der Waals surface area contributed by atoms with Crippen molar-refractivity contribution in [2.24, 2.45) is 0 Å². The largest absolute Gasteiger partial charge is 0.534 e. The topological polar surface area (TPSA) is 99.6 Å². The van der Waals surface area contributed by atoms with Gasteiger partial charge in [0.15, 0.2) is 0 Å². The zero-order valence-electron chi connectivity index (χ0n) is 14.4. The fourth-order valence-electron chi connectivity index (χ4n) is 2.71. The van der Waals surface area contributed by atoms with Crippen molar-refractivity contribution in [3.05, 3.63) is 69.6 Å². The van der Waals surface area contributed by atoms with Crippen molar-refractivity contribution in [1.82, 2.24) is 0 Å². The Balaban J connectivity index is 2.02. The van der Waals surface area contributed by atoms with Gasteiger partial charge in [-0.1, -0.05) is 12.1 Å². The molecule has 0 saturated heterocycles. The predicted octanol–water partition coefficient (Wildman–Crippen LogP) is 3.50. The smallest absolute Gasteiger partial charge is 0.422 e. The van der Waals surface area contributed by atoms with Crippen LogP contribution in [0.5, 0.6) is 5.75 Å². The molecule has 148 valence electrons. The zero-order valence-corrected chi connectivity index (χ0v) is 15.2. The molecule has 0 bridgehead atoms. The van der Waals surface area contributed by atoms with Crippen molar-refractivity contribution in [1.29, 1.82) is 0 Å². The number of fused-ring (bicyclic) bond motifs is 1. The summed E-state index contributed by atoms with van der Waals surface area (Å²) in [6.45, 7) is 1.66. The van der Waals surface area contributed by atoms with Crippen LogP contribution in [0, 0.1) is 6.92 Å².